The highest BCUT2D eigenvalue weighted by molar-refractivity contribution is 6.26. The van der Waals surface area contributed by atoms with Crippen LogP contribution in [-0.4, -0.2) is 40.3 Å². The van der Waals surface area contributed by atoms with Gasteiger partial charge in [0, 0.05) is 23.4 Å². The quantitative estimate of drug-likeness (QED) is 0.440. The van der Waals surface area contributed by atoms with Crippen LogP contribution in [0.1, 0.15) is 20.7 Å². The normalized spacial score (nSPS) is 15.5. The van der Waals surface area contributed by atoms with Gasteiger partial charge in [-0.2, -0.15) is 5.23 Å². The number of aliphatic hydroxyl groups excluding tert-OH is 1. The monoisotopic (exact) mass is 303 g/mol. The van der Waals surface area contributed by atoms with Gasteiger partial charge in [-0.15, -0.1) is 0 Å². The van der Waals surface area contributed by atoms with Gasteiger partial charge in [0.15, 0.2) is 5.69 Å². The number of rotatable bonds is 4. The molecule has 1 heterocycles. The number of hydrogen-bond donors (Lipinski definition) is 4. The molecule has 22 heavy (non-hydrogen) atoms. The van der Waals surface area contributed by atoms with Crippen LogP contribution in [0.15, 0.2) is 30.3 Å². The van der Waals surface area contributed by atoms with Crippen LogP contribution in [0.3, 0.4) is 0 Å². The molecule has 114 valence electrons. The molecular weight excluding hydrogens is 290 g/mol. The summed E-state index contributed by atoms with van der Waals surface area (Å²) in [5.74, 6) is -1.14. The topological polar surface area (TPSA) is 117 Å². The number of imide groups is 1. The maximum absolute atomic E-state index is 12.4. The Balaban J connectivity index is 2.23. The Kier molecular flexibility index (Phi) is 3.61. The molecule has 4 N–H and O–H groups in total. The molecular formula is C14H13N3O5. The number of hydrogen-bond acceptors (Lipinski definition) is 6. The Morgan fingerprint density at radius 2 is 1.82 bits per heavy atom. The van der Waals surface area contributed by atoms with E-state index in [1.165, 1.54) is 12.1 Å². The van der Waals surface area contributed by atoms with Gasteiger partial charge >= 0.3 is 0 Å². The first-order valence-electron chi connectivity index (χ1n) is 6.58. The average Bonchev–Trinajstić information content (AvgIpc) is 2.51. The molecule has 1 atom stereocenters. The summed E-state index contributed by atoms with van der Waals surface area (Å²) in [7, 11) is 0. The van der Waals surface area contributed by atoms with E-state index in [-0.39, 0.29) is 30.0 Å². The average molecular weight is 303 g/mol. The zero-order valence-electron chi connectivity index (χ0n) is 11.4. The number of hydrazine groups is 1. The summed E-state index contributed by atoms with van der Waals surface area (Å²) in [6.07, 6.45) is 0. The highest BCUT2D eigenvalue weighted by Gasteiger charge is 2.33. The zero-order chi connectivity index (χ0) is 15.9. The van der Waals surface area contributed by atoms with E-state index in [0.29, 0.717) is 10.8 Å². The van der Waals surface area contributed by atoms with Crippen LogP contribution in [0.4, 0.5) is 5.69 Å². The van der Waals surface area contributed by atoms with Gasteiger partial charge in [0.05, 0.1) is 17.7 Å². The molecule has 0 saturated heterocycles. The van der Waals surface area contributed by atoms with Gasteiger partial charge in [-0.25, -0.2) is 15.6 Å². The number of nitrogens with one attached hydrogen (secondary N) is 2. The van der Waals surface area contributed by atoms with Crippen LogP contribution < -0.4 is 10.7 Å². The summed E-state index contributed by atoms with van der Waals surface area (Å²) in [5.41, 5.74) is 3.10. The van der Waals surface area contributed by atoms with E-state index in [4.69, 9.17) is 5.11 Å². The van der Waals surface area contributed by atoms with E-state index >= 15 is 0 Å². The van der Waals surface area contributed by atoms with Crippen molar-refractivity contribution in [2.75, 3.05) is 13.2 Å². The minimum Gasteiger partial charge on any atom is -0.595 e. The van der Waals surface area contributed by atoms with Gasteiger partial charge in [-0.05, 0) is 18.2 Å². The van der Waals surface area contributed by atoms with Gasteiger partial charge in [-0.1, -0.05) is 6.07 Å². The van der Waals surface area contributed by atoms with Gasteiger partial charge in [-0.3, -0.25) is 9.59 Å². The Bertz CT molecular complexity index is 752. The summed E-state index contributed by atoms with van der Waals surface area (Å²) in [6.45, 7) is -0.179. The summed E-state index contributed by atoms with van der Waals surface area (Å²) < 4.78 is 0. The number of carbonyl (C=O) groups is 2. The molecule has 0 fully saturated rings. The predicted molar refractivity (Wildman–Crippen MR) is 75.3 cm³/mol. The van der Waals surface area contributed by atoms with Crippen molar-refractivity contribution in [3.05, 3.63) is 46.7 Å². The van der Waals surface area contributed by atoms with Gasteiger partial charge in [0.25, 0.3) is 11.8 Å². The third-order valence-corrected chi connectivity index (χ3v) is 3.52. The van der Waals surface area contributed by atoms with Crippen LogP contribution in [-0.2, 0) is 0 Å². The minimum atomic E-state index is -1.12. The molecule has 0 radical (unpaired) electrons. The zero-order valence-corrected chi connectivity index (χ0v) is 11.4. The lowest BCUT2D eigenvalue weighted by molar-refractivity contribution is -0.990. The van der Waals surface area contributed by atoms with Crippen LogP contribution >= 0.6 is 0 Å². The van der Waals surface area contributed by atoms with Crippen molar-refractivity contribution < 1.29 is 25.1 Å². The molecule has 1 aliphatic rings. The smallest absolute Gasteiger partial charge is 0.276 e. The number of amides is 2. The van der Waals surface area contributed by atoms with Crippen molar-refractivity contribution in [1.82, 2.24) is 10.4 Å². The van der Waals surface area contributed by atoms with E-state index in [1.807, 2.05) is 0 Å². The molecule has 3 rings (SSSR count). The van der Waals surface area contributed by atoms with E-state index in [2.05, 4.69) is 5.43 Å². The number of nitrogens with zero attached hydrogens (tertiary/aromatic N) is 1. The molecule has 0 bridgehead atoms. The summed E-state index contributed by atoms with van der Waals surface area (Å²) in [5, 5.41) is 29.8. The minimum absolute atomic E-state index is 0.0398. The molecule has 2 amide bonds. The largest absolute Gasteiger partial charge is 0.595 e. The van der Waals surface area contributed by atoms with Gasteiger partial charge in [0.2, 0.25) is 0 Å². The Labute approximate surface area is 124 Å². The Hall–Kier alpha value is -2.36. The first-order valence-corrected chi connectivity index (χ1v) is 6.58. The fraction of sp³-hybridized carbons (Fsp3) is 0.143. The number of quaternary nitrogens is 1. The first-order chi connectivity index (χ1) is 10.6. The number of carbonyl (C=O) groups excluding carboxylic acids is 2. The molecule has 2 aromatic carbocycles. The molecule has 0 spiro atoms. The second kappa shape index (κ2) is 5.44. The van der Waals surface area contributed by atoms with Crippen molar-refractivity contribution in [1.29, 1.82) is 0 Å². The Morgan fingerprint density at radius 1 is 1.14 bits per heavy atom. The van der Waals surface area contributed by atoms with E-state index < -0.39 is 17.0 Å². The van der Waals surface area contributed by atoms with Crippen molar-refractivity contribution >= 4 is 28.3 Å². The third kappa shape index (κ3) is 2.06. The summed E-state index contributed by atoms with van der Waals surface area (Å²) in [4.78, 5) is 24.8. The number of aliphatic hydroxyl groups is 1. The van der Waals surface area contributed by atoms with Crippen molar-refractivity contribution in [2.45, 2.75) is 0 Å². The molecule has 0 aliphatic carbocycles. The molecule has 0 aromatic heterocycles. The SMILES string of the molecule is O=C1c2cccc3c([NH+]([O-])O)ccc(c23)C(=O)N1NCCO. The third-order valence-electron chi connectivity index (χ3n) is 3.52. The molecule has 8 heteroatoms. The fourth-order valence-electron chi connectivity index (χ4n) is 2.59. The van der Waals surface area contributed by atoms with Crippen molar-refractivity contribution in [3.8, 4) is 0 Å². The second-order valence-electron chi connectivity index (χ2n) is 4.77. The lowest BCUT2D eigenvalue weighted by Gasteiger charge is -2.28. The van der Waals surface area contributed by atoms with E-state index in [0.717, 1.165) is 5.01 Å². The lowest BCUT2D eigenvalue weighted by Crippen LogP contribution is -2.99. The highest BCUT2D eigenvalue weighted by atomic mass is 16.8. The maximum Gasteiger partial charge on any atom is 0.276 e. The molecule has 2 aromatic rings. The Morgan fingerprint density at radius 3 is 2.45 bits per heavy atom. The van der Waals surface area contributed by atoms with Crippen molar-refractivity contribution in [2.24, 2.45) is 0 Å². The van der Waals surface area contributed by atoms with Crippen molar-refractivity contribution in [3.63, 3.8) is 0 Å². The lowest BCUT2D eigenvalue weighted by atomic mass is 9.94. The van der Waals surface area contributed by atoms with Crippen LogP contribution in [0.5, 0.6) is 0 Å². The van der Waals surface area contributed by atoms with Gasteiger partial charge < -0.3 is 10.3 Å². The highest BCUT2D eigenvalue weighted by Crippen LogP contribution is 2.32. The molecule has 0 saturated carbocycles. The summed E-state index contributed by atoms with van der Waals surface area (Å²) in [6, 6.07) is 7.44. The standard InChI is InChI=1S/C14H13N3O5/c18-7-6-15-16-13(19)9-3-1-2-8-11(17(21)22)5-4-10(12(8)9)14(16)20/h1-5,15,17-18,21H,6-7H2. The van der Waals surface area contributed by atoms with E-state index in [1.54, 1.807) is 18.2 Å². The maximum atomic E-state index is 12.4. The van der Waals surface area contributed by atoms with Crippen LogP contribution in [0, 0.1) is 5.21 Å². The van der Waals surface area contributed by atoms with Crippen LogP contribution in [0.2, 0.25) is 0 Å². The predicted octanol–water partition coefficient (Wildman–Crippen LogP) is -0.664. The molecule has 1 aliphatic heterocycles. The molecule has 8 nitrogen and oxygen atoms in total. The van der Waals surface area contributed by atoms with E-state index in [9.17, 15) is 20.0 Å². The summed E-state index contributed by atoms with van der Waals surface area (Å²) >= 11 is 0. The molecule has 1 unspecified atom stereocenters. The second-order valence-corrected chi connectivity index (χ2v) is 4.77. The fourth-order valence-corrected chi connectivity index (χ4v) is 2.59. The first kappa shape index (κ1) is 14.6. The van der Waals surface area contributed by atoms with Crippen LogP contribution in [0.25, 0.3) is 10.8 Å². The van der Waals surface area contributed by atoms with Gasteiger partial charge in [0.1, 0.15) is 0 Å². The number of benzene rings is 2.